The second-order valence-corrected chi connectivity index (χ2v) is 7.60. The van der Waals surface area contributed by atoms with Gasteiger partial charge in [-0.25, -0.2) is 9.59 Å². The monoisotopic (exact) mass is 369 g/mol. The molecule has 150 valence electrons. The summed E-state index contributed by atoms with van der Waals surface area (Å²) in [6.45, 7) is 6.68. The average molecular weight is 370 g/mol. The predicted molar refractivity (Wildman–Crippen MR) is 102 cm³/mol. The third-order valence-corrected chi connectivity index (χ3v) is 5.69. The lowest BCUT2D eigenvalue weighted by Crippen LogP contribution is -2.61. The Bertz CT molecular complexity index is 458. The maximum Gasteiger partial charge on any atom is 0.362 e. The first kappa shape index (κ1) is 22.5. The highest BCUT2D eigenvalue weighted by Gasteiger charge is 2.48. The molecule has 0 amide bonds. The van der Waals surface area contributed by atoms with Crippen molar-refractivity contribution in [3.05, 3.63) is 12.4 Å². The van der Waals surface area contributed by atoms with E-state index in [-0.39, 0.29) is 4.48 Å². The van der Waals surface area contributed by atoms with Crippen molar-refractivity contribution in [3.8, 4) is 0 Å². The molecule has 2 atom stereocenters. The first-order valence-electron chi connectivity index (χ1n) is 10.1. The molecule has 0 saturated heterocycles. The van der Waals surface area contributed by atoms with Gasteiger partial charge in [-0.05, 0) is 20.3 Å². The van der Waals surface area contributed by atoms with Gasteiger partial charge in [0.1, 0.15) is 6.20 Å². The van der Waals surface area contributed by atoms with Crippen molar-refractivity contribution in [3.63, 3.8) is 0 Å². The van der Waals surface area contributed by atoms with Crippen molar-refractivity contribution in [2.45, 2.75) is 90.6 Å². The lowest BCUT2D eigenvalue weighted by Gasteiger charge is -2.39. The van der Waals surface area contributed by atoms with Crippen LogP contribution in [0.4, 0.5) is 0 Å². The van der Waals surface area contributed by atoms with Crippen LogP contribution >= 0.6 is 0 Å². The number of hydrogen-bond acceptors (Lipinski definition) is 3. The normalized spacial score (nSPS) is 21.7. The van der Waals surface area contributed by atoms with Gasteiger partial charge in [-0.1, -0.05) is 58.3 Å². The highest BCUT2D eigenvalue weighted by Crippen LogP contribution is 2.28. The number of unbranched alkanes of at least 4 members (excludes halogenated alkanes) is 8. The van der Waals surface area contributed by atoms with Gasteiger partial charge in [0.2, 0.25) is 0 Å². The zero-order valence-electron chi connectivity index (χ0n) is 16.7. The van der Waals surface area contributed by atoms with Crippen molar-refractivity contribution >= 4 is 11.9 Å². The largest absolute Gasteiger partial charge is 0.477 e. The van der Waals surface area contributed by atoms with Crippen LogP contribution in [0.2, 0.25) is 0 Å². The van der Waals surface area contributed by atoms with Crippen LogP contribution in [0.5, 0.6) is 0 Å². The van der Waals surface area contributed by atoms with Crippen LogP contribution in [-0.2, 0) is 9.59 Å². The van der Waals surface area contributed by atoms with Crippen molar-refractivity contribution in [2.24, 2.45) is 0 Å². The van der Waals surface area contributed by atoms with Gasteiger partial charge in [-0.2, -0.15) is 0 Å². The lowest BCUT2D eigenvalue weighted by atomic mass is 10.1. The molecule has 2 N–H and O–H groups in total. The summed E-state index contributed by atoms with van der Waals surface area (Å²) in [7, 11) is 0. The van der Waals surface area contributed by atoms with Crippen LogP contribution in [0, 0.1) is 0 Å². The number of hydrogen-bond donors (Lipinski definition) is 2. The molecule has 0 bridgehead atoms. The van der Waals surface area contributed by atoms with E-state index in [1.807, 2.05) is 6.20 Å². The van der Waals surface area contributed by atoms with Crippen LogP contribution in [-0.4, -0.2) is 56.8 Å². The van der Waals surface area contributed by atoms with Gasteiger partial charge in [0.25, 0.3) is 0 Å². The SMILES string of the molecule is CCCCCCCCCCCN1C=C[N+](C(C)C(=O)O)(C(C)C(=O)O)C1. The maximum atomic E-state index is 11.5. The molecule has 0 spiro atoms. The molecule has 0 aliphatic carbocycles. The number of rotatable bonds is 14. The Morgan fingerprint density at radius 3 is 1.85 bits per heavy atom. The molecule has 6 heteroatoms. The fourth-order valence-corrected chi connectivity index (χ4v) is 3.65. The van der Waals surface area contributed by atoms with E-state index in [0.29, 0.717) is 6.67 Å². The second-order valence-electron chi connectivity index (χ2n) is 7.60. The van der Waals surface area contributed by atoms with Crippen molar-refractivity contribution < 1.29 is 24.3 Å². The summed E-state index contributed by atoms with van der Waals surface area (Å²) in [5, 5.41) is 18.8. The minimum absolute atomic E-state index is 0.0535. The molecule has 0 radical (unpaired) electrons. The summed E-state index contributed by atoms with van der Waals surface area (Å²) in [6.07, 6.45) is 15.0. The van der Waals surface area contributed by atoms with Crippen LogP contribution in [0.25, 0.3) is 0 Å². The molecule has 0 aromatic rings. The molecule has 0 aromatic carbocycles. The molecule has 1 aliphatic heterocycles. The molecule has 1 heterocycles. The van der Waals surface area contributed by atoms with E-state index in [2.05, 4.69) is 11.8 Å². The van der Waals surface area contributed by atoms with Gasteiger partial charge in [-0.15, -0.1) is 0 Å². The molecule has 0 fully saturated rings. The van der Waals surface area contributed by atoms with Gasteiger partial charge in [-0.3, -0.25) is 4.48 Å². The van der Waals surface area contributed by atoms with Crippen LogP contribution in [0.1, 0.15) is 78.6 Å². The average Bonchev–Trinajstić information content (AvgIpc) is 3.04. The molecule has 0 saturated carbocycles. The summed E-state index contributed by atoms with van der Waals surface area (Å²) in [4.78, 5) is 25.1. The van der Waals surface area contributed by atoms with Gasteiger partial charge in [0.05, 0.1) is 6.20 Å². The minimum atomic E-state index is -0.965. The third-order valence-electron chi connectivity index (χ3n) is 5.69. The van der Waals surface area contributed by atoms with Gasteiger partial charge in [0.15, 0.2) is 18.8 Å². The molecule has 2 unspecified atom stereocenters. The highest BCUT2D eigenvalue weighted by atomic mass is 16.4. The predicted octanol–water partition coefficient (Wildman–Crippen LogP) is 4.02. The van der Waals surface area contributed by atoms with E-state index in [4.69, 9.17) is 0 Å². The minimum Gasteiger partial charge on any atom is -0.477 e. The number of carboxylic acid groups (broad SMARTS) is 2. The highest BCUT2D eigenvalue weighted by molar-refractivity contribution is 5.74. The maximum absolute atomic E-state index is 11.5. The Morgan fingerprint density at radius 2 is 1.38 bits per heavy atom. The Balaban J connectivity index is 2.37. The summed E-state index contributed by atoms with van der Waals surface area (Å²) in [5.74, 6) is -1.93. The van der Waals surface area contributed by atoms with Gasteiger partial charge in [0, 0.05) is 6.54 Å². The summed E-state index contributed by atoms with van der Waals surface area (Å²) < 4.78 is -0.0535. The van der Waals surface area contributed by atoms with E-state index in [0.717, 1.165) is 13.0 Å². The smallest absolute Gasteiger partial charge is 0.362 e. The van der Waals surface area contributed by atoms with Crippen molar-refractivity contribution in [1.82, 2.24) is 4.90 Å². The van der Waals surface area contributed by atoms with Gasteiger partial charge >= 0.3 is 11.9 Å². The fourth-order valence-electron chi connectivity index (χ4n) is 3.65. The molecule has 0 aromatic heterocycles. The van der Waals surface area contributed by atoms with Crippen LogP contribution < -0.4 is 0 Å². The molecule has 1 rings (SSSR count). The Hall–Kier alpha value is -1.56. The standard InChI is InChI=1S/C20H36N2O4/c1-4-5-6-7-8-9-10-11-12-13-21-14-15-22(16-21,17(2)19(23)24)18(3)20(25)26/h14-15,17-18H,4-13,16H2,1-3H3,(H-,23,24,25,26)/p+1. The molecule has 1 aliphatic rings. The molecule has 6 nitrogen and oxygen atoms in total. The number of aliphatic carboxylic acids is 2. The molecular weight excluding hydrogens is 332 g/mol. The number of carboxylic acids is 2. The van der Waals surface area contributed by atoms with E-state index in [1.165, 1.54) is 51.4 Å². The summed E-state index contributed by atoms with van der Waals surface area (Å²) >= 11 is 0. The molecular formula is C20H37N2O4+. The quantitative estimate of drug-likeness (QED) is 0.357. The van der Waals surface area contributed by atoms with E-state index < -0.39 is 24.0 Å². The second kappa shape index (κ2) is 11.2. The molecule has 26 heavy (non-hydrogen) atoms. The van der Waals surface area contributed by atoms with Gasteiger partial charge < -0.3 is 15.1 Å². The van der Waals surface area contributed by atoms with E-state index in [9.17, 15) is 19.8 Å². The summed E-state index contributed by atoms with van der Waals surface area (Å²) in [6, 6.07) is -1.57. The number of nitrogens with zero attached hydrogens (tertiary/aromatic N) is 2. The van der Waals surface area contributed by atoms with Crippen molar-refractivity contribution in [2.75, 3.05) is 13.2 Å². The first-order valence-corrected chi connectivity index (χ1v) is 10.1. The number of carbonyl (C=O) groups is 2. The zero-order chi connectivity index (χ0) is 19.6. The summed E-state index contributed by atoms with van der Waals surface area (Å²) in [5.41, 5.74) is 0. The topological polar surface area (TPSA) is 77.8 Å². The number of quaternary nitrogens is 1. The fraction of sp³-hybridized carbons (Fsp3) is 0.800. The zero-order valence-corrected chi connectivity index (χ0v) is 16.7. The third kappa shape index (κ3) is 6.31. The Kier molecular flexibility index (Phi) is 9.70. The van der Waals surface area contributed by atoms with E-state index >= 15 is 0 Å². The Morgan fingerprint density at radius 1 is 0.923 bits per heavy atom. The van der Waals surface area contributed by atoms with Crippen molar-refractivity contribution in [1.29, 1.82) is 0 Å². The van der Waals surface area contributed by atoms with E-state index in [1.54, 1.807) is 20.0 Å². The Labute approximate surface area is 158 Å². The van der Waals surface area contributed by atoms with Crippen LogP contribution in [0.3, 0.4) is 0 Å². The van der Waals surface area contributed by atoms with Crippen LogP contribution in [0.15, 0.2) is 12.4 Å². The lowest BCUT2D eigenvalue weighted by molar-refractivity contribution is -0.909. The first-order chi connectivity index (χ1) is 12.3.